The van der Waals surface area contributed by atoms with Gasteiger partial charge in [-0.25, -0.2) is 13.9 Å². The second-order valence-electron chi connectivity index (χ2n) is 6.90. The monoisotopic (exact) mass is 394 g/mol. The maximum absolute atomic E-state index is 12.7. The zero-order valence-electron chi connectivity index (χ0n) is 17.5. The second-order valence-corrected chi connectivity index (χ2v) is 6.90. The van der Waals surface area contributed by atoms with Gasteiger partial charge >= 0.3 is 5.97 Å². The number of esters is 1. The number of carbonyl (C=O) groups is 2. The molecule has 1 aromatic heterocycles. The Balaban J connectivity index is 1.91. The quantitative estimate of drug-likeness (QED) is 0.492. The minimum Gasteiger partial charge on any atom is -0.462 e. The maximum atomic E-state index is 12.7. The Kier molecular flexibility index (Phi) is 6.32. The van der Waals surface area contributed by atoms with E-state index in [1.165, 1.54) is 5.56 Å². The van der Waals surface area contributed by atoms with Crippen molar-refractivity contribution >= 4 is 28.6 Å². The van der Waals surface area contributed by atoms with Crippen LogP contribution in [0.25, 0.3) is 11.0 Å². The van der Waals surface area contributed by atoms with Gasteiger partial charge in [0.05, 0.1) is 18.7 Å². The van der Waals surface area contributed by atoms with E-state index in [0.29, 0.717) is 12.2 Å². The summed E-state index contributed by atoms with van der Waals surface area (Å²) in [6.45, 7) is 9.19. The smallest absolute Gasteiger partial charge is 0.338 e. The van der Waals surface area contributed by atoms with Crippen molar-refractivity contribution in [3.63, 3.8) is 0 Å². The number of fused-ring (bicyclic) bond motifs is 1. The molecular weight excluding hydrogens is 366 g/mol. The molecule has 152 valence electrons. The van der Waals surface area contributed by atoms with E-state index < -0.39 is 0 Å². The van der Waals surface area contributed by atoms with E-state index in [9.17, 15) is 9.59 Å². The number of nitrogens with one attached hydrogen (secondary N) is 1. The highest BCUT2D eigenvalue weighted by Gasteiger charge is 2.24. The van der Waals surface area contributed by atoms with Crippen LogP contribution in [-0.4, -0.2) is 23.1 Å². The molecule has 0 saturated carbocycles. The van der Waals surface area contributed by atoms with Crippen LogP contribution in [0, 0.1) is 6.92 Å². The fourth-order valence-electron chi connectivity index (χ4n) is 3.57. The highest BCUT2D eigenvalue weighted by Crippen LogP contribution is 2.18. The van der Waals surface area contributed by atoms with Gasteiger partial charge in [-0.05, 0) is 50.1 Å². The average Bonchev–Trinajstić information content (AvgIpc) is 2.99. The van der Waals surface area contributed by atoms with E-state index in [1.54, 1.807) is 19.1 Å². The van der Waals surface area contributed by atoms with Gasteiger partial charge in [0.25, 0.3) is 11.7 Å². The van der Waals surface area contributed by atoms with Crippen LogP contribution in [0.2, 0.25) is 0 Å². The lowest BCUT2D eigenvalue weighted by Gasteiger charge is -2.06. The topological polar surface area (TPSA) is 64.2 Å². The van der Waals surface area contributed by atoms with Crippen molar-refractivity contribution in [3.05, 3.63) is 59.4 Å². The molecule has 29 heavy (non-hydrogen) atoms. The number of nitrogens with zero attached hydrogens (tertiary/aromatic N) is 2. The van der Waals surface area contributed by atoms with Crippen molar-refractivity contribution in [1.29, 1.82) is 0 Å². The molecule has 0 radical (unpaired) electrons. The summed E-state index contributed by atoms with van der Waals surface area (Å²) in [7, 11) is 0. The summed E-state index contributed by atoms with van der Waals surface area (Å²) in [4.78, 5) is 24.9. The fourth-order valence-corrected chi connectivity index (χ4v) is 3.57. The summed E-state index contributed by atoms with van der Waals surface area (Å²) in [6.07, 6.45) is 0.961. The third kappa shape index (κ3) is 4.31. The van der Waals surface area contributed by atoms with Crippen molar-refractivity contribution < 1.29 is 18.9 Å². The molecule has 0 saturated heterocycles. The van der Waals surface area contributed by atoms with Crippen molar-refractivity contribution in [3.8, 4) is 0 Å². The molecule has 0 spiro atoms. The molecule has 1 heterocycles. The van der Waals surface area contributed by atoms with Crippen molar-refractivity contribution in [2.45, 2.75) is 47.2 Å². The first kappa shape index (κ1) is 20.6. The van der Waals surface area contributed by atoms with Gasteiger partial charge in [-0.3, -0.25) is 4.79 Å². The zero-order chi connectivity index (χ0) is 21.0. The van der Waals surface area contributed by atoms with Crippen LogP contribution in [0.15, 0.2) is 42.5 Å². The molecule has 0 aliphatic rings. The molecule has 0 atom stereocenters. The molecule has 0 bridgehead atoms. The van der Waals surface area contributed by atoms with Gasteiger partial charge in [0, 0.05) is 18.7 Å². The number of rotatable bonds is 7. The molecule has 1 N–H and O–H groups in total. The highest BCUT2D eigenvalue weighted by molar-refractivity contribution is 5.94. The van der Waals surface area contributed by atoms with Crippen LogP contribution < -0.4 is 9.88 Å². The van der Waals surface area contributed by atoms with Crippen LogP contribution in [0.1, 0.15) is 42.5 Å². The molecular formula is C23H28N3O3+. The largest absolute Gasteiger partial charge is 0.462 e. The first-order valence-corrected chi connectivity index (χ1v) is 10.1. The number of anilines is 1. The molecule has 2 aromatic carbocycles. The van der Waals surface area contributed by atoms with Gasteiger partial charge in [0.1, 0.15) is 0 Å². The van der Waals surface area contributed by atoms with E-state index in [0.717, 1.165) is 35.5 Å². The molecule has 6 nitrogen and oxygen atoms in total. The van der Waals surface area contributed by atoms with Crippen LogP contribution in [-0.2, 0) is 29.0 Å². The fraction of sp³-hybridized carbons (Fsp3) is 0.348. The highest BCUT2D eigenvalue weighted by atomic mass is 16.5. The van der Waals surface area contributed by atoms with Gasteiger partial charge in [-0.1, -0.05) is 19.1 Å². The zero-order valence-corrected chi connectivity index (χ0v) is 17.5. The second kappa shape index (κ2) is 8.90. The molecule has 6 heteroatoms. The molecule has 0 aliphatic heterocycles. The molecule has 0 fully saturated rings. The first-order valence-electron chi connectivity index (χ1n) is 10.1. The minimum atomic E-state index is -0.358. The van der Waals surface area contributed by atoms with Crippen LogP contribution in [0.5, 0.6) is 0 Å². The van der Waals surface area contributed by atoms with E-state index in [2.05, 4.69) is 23.7 Å². The van der Waals surface area contributed by atoms with Gasteiger partial charge in [-0.2, -0.15) is 0 Å². The number of benzene rings is 2. The molecule has 3 aromatic rings. The Bertz CT molecular complexity index is 1040. The summed E-state index contributed by atoms with van der Waals surface area (Å²) in [6, 6.07) is 13.4. The maximum Gasteiger partial charge on any atom is 0.338 e. The van der Waals surface area contributed by atoms with Crippen LogP contribution >= 0.6 is 0 Å². The van der Waals surface area contributed by atoms with E-state index in [1.807, 2.05) is 41.8 Å². The van der Waals surface area contributed by atoms with Gasteiger partial charge in [0.2, 0.25) is 0 Å². The SMILES string of the molecule is CCOC(=O)c1ccc2c(c1)n(CC(=O)Nc1ccc(CC)cc1)c(C)[n+]2CC. The summed E-state index contributed by atoms with van der Waals surface area (Å²) in [5.41, 5.74) is 4.31. The lowest BCUT2D eigenvalue weighted by molar-refractivity contribution is -0.674. The number of amides is 1. The summed E-state index contributed by atoms with van der Waals surface area (Å²) >= 11 is 0. The van der Waals surface area contributed by atoms with Crippen LogP contribution in [0.3, 0.4) is 0 Å². The lowest BCUT2D eigenvalue weighted by Crippen LogP contribution is -2.35. The normalized spacial score (nSPS) is 10.9. The predicted molar refractivity (Wildman–Crippen MR) is 113 cm³/mol. The summed E-state index contributed by atoms with van der Waals surface area (Å²) in [5.74, 6) is 0.488. The Morgan fingerprint density at radius 3 is 2.41 bits per heavy atom. The number of ether oxygens (including phenoxy) is 1. The summed E-state index contributed by atoms with van der Waals surface area (Å²) < 4.78 is 9.20. The third-order valence-electron chi connectivity index (χ3n) is 5.11. The Hall–Kier alpha value is -3.15. The number of imidazole rings is 1. The van der Waals surface area contributed by atoms with Crippen LogP contribution in [0.4, 0.5) is 5.69 Å². The first-order chi connectivity index (χ1) is 14.0. The molecule has 3 rings (SSSR count). The standard InChI is InChI=1S/C23H27N3O3/c1-5-17-8-11-19(12-9-17)24-22(27)15-26-16(4)25(6-2)20-13-10-18(14-21(20)26)23(28)29-7-3/h8-14H,5-7,15H2,1-4H3/p+1. The third-order valence-corrected chi connectivity index (χ3v) is 5.11. The molecule has 0 unspecified atom stereocenters. The Morgan fingerprint density at radius 2 is 1.79 bits per heavy atom. The van der Waals surface area contributed by atoms with Crippen molar-refractivity contribution in [2.24, 2.45) is 0 Å². The number of hydrogen-bond acceptors (Lipinski definition) is 3. The molecule has 0 aliphatic carbocycles. The number of carbonyl (C=O) groups excluding carboxylic acids is 2. The number of aromatic nitrogens is 2. The van der Waals surface area contributed by atoms with E-state index in [4.69, 9.17) is 4.74 Å². The van der Waals surface area contributed by atoms with Crippen molar-refractivity contribution in [2.75, 3.05) is 11.9 Å². The van der Waals surface area contributed by atoms with Gasteiger partial charge in [-0.15, -0.1) is 0 Å². The molecule has 1 amide bonds. The predicted octanol–water partition coefficient (Wildman–Crippen LogP) is 3.63. The Labute approximate surface area is 171 Å². The Morgan fingerprint density at radius 1 is 1.07 bits per heavy atom. The lowest BCUT2D eigenvalue weighted by atomic mass is 10.1. The number of aryl methyl sites for hydroxylation is 2. The van der Waals surface area contributed by atoms with Crippen molar-refractivity contribution in [1.82, 2.24) is 4.57 Å². The van der Waals surface area contributed by atoms with Gasteiger partial charge in [0.15, 0.2) is 17.6 Å². The van der Waals surface area contributed by atoms with E-state index in [-0.39, 0.29) is 18.4 Å². The van der Waals surface area contributed by atoms with E-state index >= 15 is 0 Å². The minimum absolute atomic E-state index is 0.112. The number of hydrogen-bond donors (Lipinski definition) is 1. The summed E-state index contributed by atoms with van der Waals surface area (Å²) in [5, 5.41) is 2.96. The average molecular weight is 394 g/mol. The van der Waals surface area contributed by atoms with Gasteiger partial charge < -0.3 is 10.1 Å².